The zero-order valence-corrected chi connectivity index (χ0v) is 12.3. The van der Waals surface area contributed by atoms with Gasteiger partial charge in [0.25, 0.3) is 0 Å². The van der Waals surface area contributed by atoms with E-state index in [0.717, 1.165) is 30.1 Å². The van der Waals surface area contributed by atoms with Crippen LogP contribution in [0.2, 0.25) is 0 Å². The molecule has 0 spiro atoms. The van der Waals surface area contributed by atoms with Crippen LogP contribution in [-0.2, 0) is 12.8 Å². The molecule has 0 fully saturated rings. The number of nitrogens with zero attached hydrogens (tertiary/aromatic N) is 1. The zero-order valence-electron chi connectivity index (χ0n) is 12.3. The summed E-state index contributed by atoms with van der Waals surface area (Å²) in [5.74, 6) is 2.94. The molecule has 2 heterocycles. The van der Waals surface area contributed by atoms with Gasteiger partial charge in [0.15, 0.2) is 11.5 Å². The highest BCUT2D eigenvalue weighted by atomic mass is 16.5. The predicted molar refractivity (Wildman–Crippen MR) is 80.2 cm³/mol. The Bertz CT molecular complexity index is 627. The summed E-state index contributed by atoms with van der Waals surface area (Å²) in [5.41, 5.74) is 2.38. The molecule has 3 rings (SSSR count). The summed E-state index contributed by atoms with van der Waals surface area (Å²) in [4.78, 5) is 4.21. The molecule has 4 nitrogen and oxygen atoms in total. The molecule has 110 valence electrons. The van der Waals surface area contributed by atoms with Gasteiger partial charge in [-0.2, -0.15) is 0 Å². The fraction of sp³-hybridized carbons (Fsp3) is 0.353. The number of hydrogen-bond donors (Lipinski definition) is 0. The number of pyridine rings is 1. The second-order valence-corrected chi connectivity index (χ2v) is 5.27. The van der Waals surface area contributed by atoms with Crippen molar-refractivity contribution in [3.63, 3.8) is 0 Å². The van der Waals surface area contributed by atoms with Crippen molar-refractivity contribution in [3.05, 3.63) is 47.8 Å². The molecule has 0 amide bonds. The van der Waals surface area contributed by atoms with Crippen LogP contribution in [0, 0.1) is 5.92 Å². The fourth-order valence-corrected chi connectivity index (χ4v) is 2.77. The third kappa shape index (κ3) is 2.94. The molecular weight excluding hydrogens is 266 g/mol. The Balaban J connectivity index is 1.74. The Kier molecular flexibility index (Phi) is 3.95. The Morgan fingerprint density at radius 2 is 2.14 bits per heavy atom. The topological polar surface area (TPSA) is 40.6 Å². The van der Waals surface area contributed by atoms with E-state index in [2.05, 4.69) is 11.1 Å². The second-order valence-electron chi connectivity index (χ2n) is 5.27. The quantitative estimate of drug-likeness (QED) is 0.866. The van der Waals surface area contributed by atoms with Gasteiger partial charge in [-0.15, -0.1) is 0 Å². The Morgan fingerprint density at radius 1 is 1.24 bits per heavy atom. The Labute approximate surface area is 124 Å². The predicted octanol–water partition coefficient (Wildman–Crippen LogP) is 2.89. The van der Waals surface area contributed by atoms with Crippen molar-refractivity contribution in [2.45, 2.75) is 12.8 Å². The summed E-state index contributed by atoms with van der Waals surface area (Å²) in [6.07, 6.45) is 5.54. The third-order valence-corrected chi connectivity index (χ3v) is 3.78. The van der Waals surface area contributed by atoms with Gasteiger partial charge in [-0.1, -0.05) is 12.1 Å². The van der Waals surface area contributed by atoms with Gasteiger partial charge in [-0.05, 0) is 36.1 Å². The monoisotopic (exact) mass is 285 g/mol. The molecule has 0 N–H and O–H groups in total. The molecule has 1 atom stereocenters. The number of fused-ring (bicyclic) bond motifs is 1. The average Bonchev–Trinajstić information content (AvgIpc) is 2.54. The van der Waals surface area contributed by atoms with Crippen LogP contribution < -0.4 is 14.2 Å². The van der Waals surface area contributed by atoms with Gasteiger partial charge < -0.3 is 14.2 Å². The van der Waals surface area contributed by atoms with Crippen LogP contribution in [-0.4, -0.2) is 25.8 Å². The fourth-order valence-electron chi connectivity index (χ4n) is 2.77. The normalized spacial score (nSPS) is 16.8. The van der Waals surface area contributed by atoms with Gasteiger partial charge in [0.2, 0.25) is 0 Å². The van der Waals surface area contributed by atoms with Crippen molar-refractivity contribution >= 4 is 0 Å². The van der Waals surface area contributed by atoms with Gasteiger partial charge in [-0.25, -0.2) is 0 Å². The lowest BCUT2D eigenvalue weighted by Crippen LogP contribution is -2.23. The molecule has 0 bridgehead atoms. The highest BCUT2D eigenvalue weighted by Gasteiger charge is 2.23. The van der Waals surface area contributed by atoms with Gasteiger partial charge >= 0.3 is 0 Å². The van der Waals surface area contributed by atoms with Gasteiger partial charge in [-0.3, -0.25) is 4.98 Å². The number of benzene rings is 1. The summed E-state index contributed by atoms with van der Waals surface area (Å²) in [6, 6.07) is 8.09. The minimum Gasteiger partial charge on any atom is -0.495 e. The molecule has 0 aliphatic carbocycles. The molecule has 2 aromatic rings. The standard InChI is InChI=1S/C17H19NO3/c1-19-15-8-12(9-18-10-15)6-13-7-14-4-3-5-16(20-2)17(14)21-11-13/h3-5,8-10,13H,6-7,11H2,1-2H3/t13-/m1/s1. The maximum absolute atomic E-state index is 5.91. The first-order valence-electron chi connectivity index (χ1n) is 7.06. The van der Waals surface area contributed by atoms with Crippen molar-refractivity contribution in [1.29, 1.82) is 0 Å². The van der Waals surface area contributed by atoms with Crippen molar-refractivity contribution in [1.82, 2.24) is 4.98 Å². The number of para-hydroxylation sites is 1. The summed E-state index contributed by atoms with van der Waals surface area (Å²) in [5, 5.41) is 0. The van der Waals surface area contributed by atoms with Gasteiger partial charge in [0.05, 0.1) is 27.0 Å². The van der Waals surface area contributed by atoms with E-state index >= 15 is 0 Å². The minimum absolute atomic E-state index is 0.443. The smallest absolute Gasteiger partial charge is 0.164 e. The van der Waals surface area contributed by atoms with Crippen LogP contribution in [0.15, 0.2) is 36.7 Å². The number of aromatic nitrogens is 1. The first kappa shape index (κ1) is 13.7. The van der Waals surface area contributed by atoms with Crippen molar-refractivity contribution in [3.8, 4) is 17.2 Å². The van der Waals surface area contributed by atoms with Crippen LogP contribution in [0.3, 0.4) is 0 Å². The van der Waals surface area contributed by atoms with Crippen LogP contribution in [0.1, 0.15) is 11.1 Å². The molecule has 21 heavy (non-hydrogen) atoms. The summed E-state index contributed by atoms with van der Waals surface area (Å²) in [6.45, 7) is 0.699. The first-order chi connectivity index (χ1) is 10.3. The molecule has 1 aliphatic heterocycles. The molecule has 0 unspecified atom stereocenters. The molecular formula is C17H19NO3. The van der Waals surface area contributed by atoms with Crippen molar-refractivity contribution in [2.24, 2.45) is 5.92 Å². The van der Waals surface area contributed by atoms with Crippen LogP contribution in [0.25, 0.3) is 0 Å². The maximum Gasteiger partial charge on any atom is 0.164 e. The molecule has 1 aliphatic rings. The summed E-state index contributed by atoms with van der Waals surface area (Å²) in [7, 11) is 3.33. The molecule has 1 aromatic heterocycles. The minimum atomic E-state index is 0.443. The second kappa shape index (κ2) is 6.04. The SMILES string of the molecule is COc1cncc(C[C@H]2COc3c(cccc3OC)C2)c1. The highest BCUT2D eigenvalue weighted by molar-refractivity contribution is 5.47. The van der Waals surface area contributed by atoms with E-state index in [1.165, 1.54) is 11.1 Å². The zero-order chi connectivity index (χ0) is 14.7. The van der Waals surface area contributed by atoms with Crippen molar-refractivity contribution in [2.75, 3.05) is 20.8 Å². The average molecular weight is 285 g/mol. The van der Waals surface area contributed by atoms with Crippen LogP contribution >= 0.6 is 0 Å². The van der Waals surface area contributed by atoms with Gasteiger partial charge in [0.1, 0.15) is 5.75 Å². The van der Waals surface area contributed by atoms with E-state index in [0.29, 0.717) is 12.5 Å². The van der Waals surface area contributed by atoms with E-state index in [1.807, 2.05) is 24.4 Å². The Hall–Kier alpha value is -2.23. The first-order valence-corrected chi connectivity index (χ1v) is 7.06. The lowest BCUT2D eigenvalue weighted by atomic mass is 9.91. The molecule has 0 radical (unpaired) electrons. The van der Waals surface area contributed by atoms with Gasteiger partial charge in [0, 0.05) is 12.1 Å². The van der Waals surface area contributed by atoms with E-state index in [-0.39, 0.29) is 0 Å². The van der Waals surface area contributed by atoms with Crippen LogP contribution in [0.5, 0.6) is 17.2 Å². The van der Waals surface area contributed by atoms with E-state index < -0.39 is 0 Å². The molecule has 0 saturated heterocycles. The Morgan fingerprint density at radius 3 is 2.95 bits per heavy atom. The number of ether oxygens (including phenoxy) is 3. The van der Waals surface area contributed by atoms with Crippen molar-refractivity contribution < 1.29 is 14.2 Å². The summed E-state index contributed by atoms with van der Waals surface area (Å²) >= 11 is 0. The number of rotatable bonds is 4. The van der Waals surface area contributed by atoms with Crippen LogP contribution in [0.4, 0.5) is 0 Å². The third-order valence-electron chi connectivity index (χ3n) is 3.78. The highest BCUT2D eigenvalue weighted by Crippen LogP contribution is 2.36. The van der Waals surface area contributed by atoms with E-state index in [1.54, 1.807) is 20.4 Å². The number of methoxy groups -OCH3 is 2. The number of hydrogen-bond acceptors (Lipinski definition) is 4. The van der Waals surface area contributed by atoms with E-state index in [4.69, 9.17) is 14.2 Å². The molecule has 0 saturated carbocycles. The molecule has 1 aromatic carbocycles. The maximum atomic E-state index is 5.91. The largest absolute Gasteiger partial charge is 0.495 e. The lowest BCUT2D eigenvalue weighted by molar-refractivity contribution is 0.211. The summed E-state index contributed by atoms with van der Waals surface area (Å²) < 4.78 is 16.5. The molecule has 4 heteroatoms. The van der Waals surface area contributed by atoms with E-state index in [9.17, 15) is 0 Å². The lowest BCUT2D eigenvalue weighted by Gasteiger charge is -2.26.